The lowest BCUT2D eigenvalue weighted by atomic mass is 10.4. The molecular formula is C8H16N+. The van der Waals surface area contributed by atoms with E-state index in [0.717, 1.165) is 12.0 Å². The summed E-state index contributed by atoms with van der Waals surface area (Å²) in [5.41, 5.74) is 0. The highest BCUT2D eigenvalue weighted by atomic mass is 15.1. The summed E-state index contributed by atoms with van der Waals surface area (Å²) in [5.74, 6) is 0.946. The van der Waals surface area contributed by atoms with Crippen LogP contribution in [0.5, 0.6) is 0 Å². The Labute approximate surface area is 57.4 Å². The van der Waals surface area contributed by atoms with Crippen molar-refractivity contribution in [1.82, 2.24) is 0 Å². The molecule has 1 heteroatoms. The Morgan fingerprint density at radius 1 is 1.67 bits per heavy atom. The first-order valence-corrected chi connectivity index (χ1v) is 3.84. The molecule has 1 aliphatic rings. The second kappa shape index (κ2) is 2.51. The molecule has 0 heterocycles. The van der Waals surface area contributed by atoms with Crippen LogP contribution in [0.2, 0.25) is 0 Å². The zero-order valence-corrected chi connectivity index (χ0v) is 6.59. The van der Waals surface area contributed by atoms with Crippen LogP contribution in [-0.4, -0.2) is 23.4 Å². The van der Waals surface area contributed by atoms with Crippen LogP contribution < -0.4 is 0 Å². The van der Waals surface area contributed by atoms with E-state index in [4.69, 9.17) is 0 Å². The van der Waals surface area contributed by atoms with Crippen LogP contribution in [0.15, 0.2) is 0 Å². The summed E-state index contributed by atoms with van der Waals surface area (Å²) < 4.78 is 2.42. The Morgan fingerprint density at radius 3 is 2.33 bits per heavy atom. The van der Waals surface area contributed by atoms with Crippen molar-refractivity contribution >= 4 is 6.21 Å². The second-order valence-electron chi connectivity index (χ2n) is 2.87. The minimum atomic E-state index is 0.875. The third-order valence-electron chi connectivity index (χ3n) is 2.19. The fourth-order valence-electron chi connectivity index (χ4n) is 1.37. The van der Waals surface area contributed by atoms with E-state index in [-0.39, 0.29) is 0 Å². The molecule has 1 fully saturated rings. The Hall–Kier alpha value is -0.330. The van der Waals surface area contributed by atoms with Crippen molar-refractivity contribution in [3.63, 3.8) is 0 Å². The minimum Gasteiger partial charge on any atom is -0.237 e. The third kappa shape index (κ3) is 1.32. The summed E-state index contributed by atoms with van der Waals surface area (Å²) in [4.78, 5) is 0. The summed E-state index contributed by atoms with van der Waals surface area (Å²) in [6.45, 7) is 7.82. The van der Waals surface area contributed by atoms with Crippen molar-refractivity contribution in [2.45, 2.75) is 33.2 Å². The van der Waals surface area contributed by atoms with Crippen LogP contribution in [-0.2, 0) is 0 Å². The van der Waals surface area contributed by atoms with Gasteiger partial charge in [-0.25, -0.2) is 4.58 Å². The van der Waals surface area contributed by atoms with E-state index in [0.29, 0.717) is 0 Å². The van der Waals surface area contributed by atoms with Gasteiger partial charge in [0.15, 0.2) is 6.04 Å². The van der Waals surface area contributed by atoms with Gasteiger partial charge in [0.05, 0.1) is 0 Å². The summed E-state index contributed by atoms with van der Waals surface area (Å²) in [7, 11) is 0. The van der Waals surface area contributed by atoms with Crippen LogP contribution >= 0.6 is 0 Å². The first-order chi connectivity index (χ1) is 4.29. The highest BCUT2D eigenvalue weighted by Gasteiger charge is 2.41. The molecule has 0 spiro atoms. The molecule has 52 valence electrons. The molecular weight excluding hydrogens is 110 g/mol. The maximum absolute atomic E-state index is 2.42. The molecule has 1 rings (SSSR count). The maximum Gasteiger partial charge on any atom is 0.155 e. The highest BCUT2D eigenvalue weighted by Crippen LogP contribution is 2.31. The first kappa shape index (κ1) is 6.79. The van der Waals surface area contributed by atoms with Crippen molar-refractivity contribution < 1.29 is 4.58 Å². The SMILES string of the molecule is CC=[N+](CC)C1CC1C. The predicted molar refractivity (Wildman–Crippen MR) is 40.1 cm³/mol. The van der Waals surface area contributed by atoms with Gasteiger partial charge in [-0.2, -0.15) is 0 Å². The van der Waals surface area contributed by atoms with E-state index < -0.39 is 0 Å². The lowest BCUT2D eigenvalue weighted by Gasteiger charge is -1.94. The number of rotatable bonds is 2. The van der Waals surface area contributed by atoms with Crippen LogP contribution in [0.4, 0.5) is 0 Å². The topological polar surface area (TPSA) is 3.01 Å². The van der Waals surface area contributed by atoms with E-state index in [1.165, 1.54) is 13.0 Å². The quantitative estimate of drug-likeness (QED) is 0.390. The van der Waals surface area contributed by atoms with Crippen molar-refractivity contribution in [3.05, 3.63) is 0 Å². The van der Waals surface area contributed by atoms with Gasteiger partial charge in [-0.3, -0.25) is 0 Å². The molecule has 2 unspecified atom stereocenters. The third-order valence-corrected chi connectivity index (χ3v) is 2.19. The van der Waals surface area contributed by atoms with Crippen LogP contribution in [0.3, 0.4) is 0 Å². The van der Waals surface area contributed by atoms with Gasteiger partial charge in [-0.15, -0.1) is 0 Å². The Kier molecular flexibility index (Phi) is 1.89. The molecule has 0 bridgehead atoms. The molecule has 1 nitrogen and oxygen atoms in total. The molecule has 0 radical (unpaired) electrons. The Morgan fingerprint density at radius 2 is 2.22 bits per heavy atom. The highest BCUT2D eigenvalue weighted by molar-refractivity contribution is 5.47. The lowest BCUT2D eigenvalue weighted by molar-refractivity contribution is -0.537. The molecule has 1 saturated carbocycles. The molecule has 0 N–H and O–H groups in total. The van der Waals surface area contributed by atoms with E-state index in [1.54, 1.807) is 0 Å². The van der Waals surface area contributed by atoms with E-state index in [1.807, 2.05) is 0 Å². The smallest absolute Gasteiger partial charge is 0.155 e. The Bertz CT molecular complexity index is 127. The molecule has 0 aromatic carbocycles. The van der Waals surface area contributed by atoms with Crippen molar-refractivity contribution in [2.24, 2.45) is 5.92 Å². The van der Waals surface area contributed by atoms with Crippen LogP contribution in [0.25, 0.3) is 0 Å². The molecule has 9 heavy (non-hydrogen) atoms. The number of nitrogens with zero attached hydrogens (tertiary/aromatic N) is 1. The predicted octanol–water partition coefficient (Wildman–Crippen LogP) is 1.52. The fraction of sp³-hybridized carbons (Fsp3) is 0.875. The van der Waals surface area contributed by atoms with Crippen molar-refractivity contribution in [2.75, 3.05) is 6.54 Å². The van der Waals surface area contributed by atoms with Gasteiger partial charge in [0, 0.05) is 19.3 Å². The average Bonchev–Trinajstić information content (AvgIpc) is 2.51. The number of hydrogen-bond acceptors (Lipinski definition) is 0. The van der Waals surface area contributed by atoms with Crippen LogP contribution in [0.1, 0.15) is 27.2 Å². The monoisotopic (exact) mass is 126 g/mol. The molecule has 0 aromatic heterocycles. The average molecular weight is 126 g/mol. The van der Waals surface area contributed by atoms with Gasteiger partial charge < -0.3 is 0 Å². The zero-order valence-electron chi connectivity index (χ0n) is 6.59. The van der Waals surface area contributed by atoms with Gasteiger partial charge in [-0.05, 0) is 6.92 Å². The van der Waals surface area contributed by atoms with E-state index in [9.17, 15) is 0 Å². The first-order valence-electron chi connectivity index (χ1n) is 3.84. The van der Waals surface area contributed by atoms with Gasteiger partial charge in [0.1, 0.15) is 12.8 Å². The largest absolute Gasteiger partial charge is 0.237 e. The summed E-state index contributed by atoms with van der Waals surface area (Å²) in [6, 6.07) is 0.875. The van der Waals surface area contributed by atoms with Gasteiger partial charge >= 0.3 is 0 Å². The minimum absolute atomic E-state index is 0.875. The lowest BCUT2D eigenvalue weighted by Crippen LogP contribution is -2.15. The maximum atomic E-state index is 2.42. The van der Waals surface area contributed by atoms with E-state index in [2.05, 4.69) is 31.6 Å². The summed E-state index contributed by atoms with van der Waals surface area (Å²) >= 11 is 0. The van der Waals surface area contributed by atoms with Crippen molar-refractivity contribution in [3.8, 4) is 0 Å². The normalized spacial score (nSPS) is 34.8. The van der Waals surface area contributed by atoms with Gasteiger partial charge in [0.2, 0.25) is 0 Å². The Balaban J connectivity index is 2.41. The van der Waals surface area contributed by atoms with Crippen molar-refractivity contribution in [1.29, 1.82) is 0 Å². The zero-order chi connectivity index (χ0) is 6.85. The molecule has 0 aliphatic heterocycles. The number of hydrogen-bond donors (Lipinski definition) is 0. The van der Waals surface area contributed by atoms with E-state index >= 15 is 0 Å². The van der Waals surface area contributed by atoms with Crippen LogP contribution in [0, 0.1) is 5.92 Å². The fourth-order valence-corrected chi connectivity index (χ4v) is 1.37. The summed E-state index contributed by atoms with van der Waals surface area (Å²) in [6.07, 6.45) is 3.60. The molecule has 1 aliphatic carbocycles. The standard InChI is InChI=1S/C8H16N/c1-4-9(5-2)8-6-7(8)3/h4,7-8H,5-6H2,1-3H3/q+1. The van der Waals surface area contributed by atoms with Gasteiger partial charge in [0.25, 0.3) is 0 Å². The summed E-state index contributed by atoms with van der Waals surface area (Å²) in [5, 5.41) is 0. The molecule has 0 aromatic rings. The second-order valence-corrected chi connectivity index (χ2v) is 2.87. The molecule has 0 amide bonds. The molecule has 2 atom stereocenters. The van der Waals surface area contributed by atoms with Gasteiger partial charge in [-0.1, -0.05) is 6.92 Å². The molecule has 0 saturated heterocycles.